The fourth-order valence-corrected chi connectivity index (χ4v) is 1.61. The van der Waals surface area contributed by atoms with E-state index in [4.69, 9.17) is 0 Å². The van der Waals surface area contributed by atoms with Crippen LogP contribution in [0.1, 0.15) is 12.5 Å². The summed E-state index contributed by atoms with van der Waals surface area (Å²) in [6.07, 6.45) is 2.76. The fourth-order valence-electron chi connectivity index (χ4n) is 1.61. The van der Waals surface area contributed by atoms with Crippen LogP contribution < -0.4 is 4.74 Å². The molecule has 2 aromatic rings. The van der Waals surface area contributed by atoms with E-state index in [0.29, 0.717) is 0 Å². The van der Waals surface area contributed by atoms with Crippen molar-refractivity contribution in [2.75, 3.05) is 0 Å². The normalized spacial score (nSPS) is 10.7. The van der Waals surface area contributed by atoms with E-state index in [0.717, 1.165) is 23.2 Å². The van der Waals surface area contributed by atoms with Crippen molar-refractivity contribution >= 4 is 0 Å². The third-order valence-corrected chi connectivity index (χ3v) is 2.61. The third kappa shape index (κ3) is 3.03. The highest BCUT2D eigenvalue weighted by molar-refractivity contribution is 5.60. The fraction of sp³-hybridized carbons (Fsp3) is 0.214. The van der Waals surface area contributed by atoms with Gasteiger partial charge in [0.05, 0.1) is 5.69 Å². The summed E-state index contributed by atoms with van der Waals surface area (Å²) < 4.78 is 28.3. The molecule has 18 heavy (non-hydrogen) atoms. The molecule has 0 aliphatic heterocycles. The summed E-state index contributed by atoms with van der Waals surface area (Å²) in [5.41, 5.74) is 2.85. The molecule has 94 valence electrons. The molecule has 0 amide bonds. The van der Waals surface area contributed by atoms with Crippen molar-refractivity contribution in [1.82, 2.24) is 4.98 Å². The van der Waals surface area contributed by atoms with E-state index >= 15 is 0 Å². The predicted octanol–water partition coefficient (Wildman–Crippen LogP) is 3.91. The molecule has 0 bridgehead atoms. The van der Waals surface area contributed by atoms with Crippen molar-refractivity contribution in [3.63, 3.8) is 0 Å². The molecule has 2 rings (SSSR count). The number of hydrogen-bond donors (Lipinski definition) is 0. The maximum absolute atomic E-state index is 12.0. The van der Waals surface area contributed by atoms with Gasteiger partial charge in [0.2, 0.25) is 0 Å². The molecular weight excluding hydrogens is 236 g/mol. The van der Waals surface area contributed by atoms with E-state index in [1.165, 1.54) is 12.1 Å². The second-order valence-corrected chi connectivity index (χ2v) is 3.81. The lowest BCUT2D eigenvalue weighted by molar-refractivity contribution is -0.0498. The maximum Gasteiger partial charge on any atom is 0.387 e. The standard InChI is InChI=1S/C14H13F2NO/c1-2-10-3-8-13(17-9-10)11-4-6-12(7-5-11)18-14(15)16/h3-9,14H,2H2,1H3. The Morgan fingerprint density at radius 3 is 2.33 bits per heavy atom. The van der Waals surface area contributed by atoms with Crippen LogP contribution in [0.2, 0.25) is 0 Å². The van der Waals surface area contributed by atoms with Crippen LogP contribution in [0.25, 0.3) is 11.3 Å². The summed E-state index contributed by atoms with van der Waals surface area (Å²) in [6, 6.07) is 10.4. The second-order valence-electron chi connectivity index (χ2n) is 3.81. The first-order valence-corrected chi connectivity index (χ1v) is 5.69. The molecule has 0 saturated heterocycles. The number of pyridine rings is 1. The monoisotopic (exact) mass is 249 g/mol. The van der Waals surface area contributed by atoms with E-state index in [1.54, 1.807) is 12.1 Å². The highest BCUT2D eigenvalue weighted by Gasteiger charge is 2.04. The van der Waals surface area contributed by atoms with Gasteiger partial charge in [-0.1, -0.05) is 13.0 Å². The Hall–Kier alpha value is -1.97. The molecule has 0 atom stereocenters. The average Bonchev–Trinajstić information content (AvgIpc) is 2.39. The molecule has 1 aromatic carbocycles. The van der Waals surface area contributed by atoms with E-state index in [2.05, 4.69) is 16.6 Å². The van der Waals surface area contributed by atoms with Gasteiger partial charge in [0.1, 0.15) is 5.75 Å². The van der Waals surface area contributed by atoms with Crippen molar-refractivity contribution in [2.24, 2.45) is 0 Å². The van der Waals surface area contributed by atoms with Gasteiger partial charge in [0.15, 0.2) is 0 Å². The first kappa shape index (κ1) is 12.5. The van der Waals surface area contributed by atoms with Gasteiger partial charge in [-0.25, -0.2) is 0 Å². The summed E-state index contributed by atoms with van der Waals surface area (Å²) in [4.78, 5) is 4.32. The van der Waals surface area contributed by atoms with Gasteiger partial charge in [0, 0.05) is 11.8 Å². The second kappa shape index (κ2) is 5.58. The molecule has 1 aromatic heterocycles. The molecule has 0 aliphatic carbocycles. The van der Waals surface area contributed by atoms with Crippen molar-refractivity contribution in [3.05, 3.63) is 48.2 Å². The Bertz CT molecular complexity index is 494. The summed E-state index contributed by atoms with van der Waals surface area (Å²) in [6.45, 7) is -0.731. The number of benzene rings is 1. The lowest BCUT2D eigenvalue weighted by atomic mass is 10.1. The number of rotatable bonds is 4. The Labute approximate surface area is 104 Å². The van der Waals surface area contributed by atoms with Crippen LogP contribution >= 0.6 is 0 Å². The van der Waals surface area contributed by atoms with Gasteiger partial charge < -0.3 is 4.74 Å². The topological polar surface area (TPSA) is 22.1 Å². The Balaban J connectivity index is 2.17. The first-order valence-electron chi connectivity index (χ1n) is 5.69. The van der Waals surface area contributed by atoms with Crippen molar-refractivity contribution in [3.8, 4) is 17.0 Å². The first-order chi connectivity index (χ1) is 8.69. The predicted molar refractivity (Wildman–Crippen MR) is 65.7 cm³/mol. The number of nitrogens with zero attached hydrogens (tertiary/aromatic N) is 1. The van der Waals surface area contributed by atoms with Crippen LogP contribution in [0.5, 0.6) is 5.75 Å². The highest BCUT2D eigenvalue weighted by atomic mass is 19.3. The average molecular weight is 249 g/mol. The zero-order valence-corrected chi connectivity index (χ0v) is 9.94. The molecule has 0 spiro atoms. The van der Waals surface area contributed by atoms with Gasteiger partial charge in [-0.15, -0.1) is 0 Å². The van der Waals surface area contributed by atoms with E-state index < -0.39 is 6.61 Å². The number of aryl methyl sites for hydroxylation is 1. The smallest absolute Gasteiger partial charge is 0.387 e. The summed E-state index contributed by atoms with van der Waals surface area (Å²) in [5, 5.41) is 0. The molecule has 0 fully saturated rings. The van der Waals surface area contributed by atoms with Gasteiger partial charge in [-0.05, 0) is 42.3 Å². The van der Waals surface area contributed by atoms with Gasteiger partial charge in [0.25, 0.3) is 0 Å². The zero-order chi connectivity index (χ0) is 13.0. The Morgan fingerprint density at radius 1 is 1.11 bits per heavy atom. The number of aromatic nitrogens is 1. The molecule has 0 N–H and O–H groups in total. The van der Waals surface area contributed by atoms with Crippen LogP contribution in [0.3, 0.4) is 0 Å². The quantitative estimate of drug-likeness (QED) is 0.819. The molecule has 0 radical (unpaired) electrons. The number of halogens is 2. The van der Waals surface area contributed by atoms with E-state index in [9.17, 15) is 8.78 Å². The van der Waals surface area contributed by atoms with Crippen LogP contribution in [-0.2, 0) is 6.42 Å². The van der Waals surface area contributed by atoms with Crippen molar-refractivity contribution in [1.29, 1.82) is 0 Å². The third-order valence-electron chi connectivity index (χ3n) is 2.61. The number of alkyl halides is 2. The van der Waals surface area contributed by atoms with Crippen LogP contribution in [-0.4, -0.2) is 11.6 Å². The summed E-state index contributed by atoms with van der Waals surface area (Å²) >= 11 is 0. The molecule has 0 saturated carbocycles. The molecule has 4 heteroatoms. The minimum Gasteiger partial charge on any atom is -0.435 e. The summed E-state index contributed by atoms with van der Waals surface area (Å²) in [5.74, 6) is 0.152. The lowest BCUT2D eigenvalue weighted by Crippen LogP contribution is -2.01. The Kier molecular flexibility index (Phi) is 3.87. The molecule has 1 heterocycles. The highest BCUT2D eigenvalue weighted by Crippen LogP contribution is 2.21. The zero-order valence-electron chi connectivity index (χ0n) is 9.94. The summed E-state index contributed by atoms with van der Waals surface area (Å²) in [7, 11) is 0. The maximum atomic E-state index is 12.0. The molecule has 0 aliphatic rings. The molecular formula is C14H13F2NO. The largest absolute Gasteiger partial charge is 0.435 e. The van der Waals surface area contributed by atoms with Crippen LogP contribution in [0.4, 0.5) is 8.78 Å². The van der Waals surface area contributed by atoms with Crippen LogP contribution in [0.15, 0.2) is 42.6 Å². The number of hydrogen-bond acceptors (Lipinski definition) is 2. The van der Waals surface area contributed by atoms with Crippen LogP contribution in [0, 0.1) is 0 Å². The van der Waals surface area contributed by atoms with Gasteiger partial charge in [-0.2, -0.15) is 8.78 Å². The Morgan fingerprint density at radius 2 is 1.83 bits per heavy atom. The minimum absolute atomic E-state index is 0.152. The molecule has 2 nitrogen and oxygen atoms in total. The van der Waals surface area contributed by atoms with Crippen molar-refractivity contribution in [2.45, 2.75) is 20.0 Å². The van der Waals surface area contributed by atoms with Crippen molar-refractivity contribution < 1.29 is 13.5 Å². The SMILES string of the molecule is CCc1ccc(-c2ccc(OC(F)F)cc2)nc1. The molecule has 0 unspecified atom stereocenters. The van der Waals surface area contributed by atoms with Gasteiger partial charge >= 0.3 is 6.61 Å². The van der Waals surface area contributed by atoms with Gasteiger partial charge in [-0.3, -0.25) is 4.98 Å². The van der Waals surface area contributed by atoms with E-state index in [-0.39, 0.29) is 5.75 Å². The lowest BCUT2D eigenvalue weighted by Gasteiger charge is -2.06. The number of ether oxygens (including phenoxy) is 1. The van der Waals surface area contributed by atoms with E-state index in [1.807, 2.05) is 18.3 Å². The minimum atomic E-state index is -2.79.